The normalized spacial score (nSPS) is 23.2. The monoisotopic (exact) mass is 403 g/mol. The van der Waals surface area contributed by atoms with Crippen molar-refractivity contribution >= 4 is 22.9 Å². The van der Waals surface area contributed by atoms with E-state index in [0.717, 1.165) is 47.4 Å². The molecule has 0 fully saturated rings. The number of guanidine groups is 1. The Morgan fingerprint density at radius 3 is 2.70 bits per heavy atom. The van der Waals surface area contributed by atoms with Crippen molar-refractivity contribution in [1.29, 1.82) is 0 Å². The molecule has 4 heterocycles. The number of rotatable bonds is 2. The predicted octanol–water partition coefficient (Wildman–Crippen LogP) is 2.43. The Kier molecular flexibility index (Phi) is 3.84. The van der Waals surface area contributed by atoms with Crippen LogP contribution in [0.1, 0.15) is 37.1 Å². The number of nitrogens with one attached hydrogen (secondary N) is 1. The molecule has 30 heavy (non-hydrogen) atoms. The minimum absolute atomic E-state index is 0.150. The SMILES string of the molecule is Cc1nnc(C)n1N1CN=C2N[C@@H]([C@@H]3CC=CCC3)n3c(nc4ccccc43)N2C1. The Bertz CT molecular complexity index is 1150. The van der Waals surface area contributed by atoms with E-state index in [-0.39, 0.29) is 6.17 Å². The molecule has 1 aromatic carbocycles. The molecule has 3 aromatic rings. The predicted molar refractivity (Wildman–Crippen MR) is 116 cm³/mol. The van der Waals surface area contributed by atoms with Crippen molar-refractivity contribution in [1.82, 2.24) is 29.7 Å². The van der Waals surface area contributed by atoms with Gasteiger partial charge in [-0.3, -0.25) is 14.5 Å². The number of nitrogens with zero attached hydrogens (tertiary/aromatic N) is 8. The molecule has 6 rings (SSSR count). The maximum absolute atomic E-state index is 5.03. The molecular formula is C21H25N9. The fraction of sp³-hybridized carbons (Fsp3) is 0.429. The number of aliphatic imine (C=N–C) groups is 1. The van der Waals surface area contributed by atoms with Crippen molar-refractivity contribution in [2.75, 3.05) is 23.2 Å². The summed E-state index contributed by atoms with van der Waals surface area (Å²) in [4.78, 5) is 12.1. The Morgan fingerprint density at radius 2 is 1.90 bits per heavy atom. The maximum atomic E-state index is 5.03. The highest BCUT2D eigenvalue weighted by atomic mass is 15.7. The third-order valence-corrected chi connectivity index (χ3v) is 6.31. The van der Waals surface area contributed by atoms with E-state index in [0.29, 0.717) is 19.3 Å². The van der Waals surface area contributed by atoms with E-state index in [1.165, 1.54) is 6.42 Å². The molecule has 0 spiro atoms. The van der Waals surface area contributed by atoms with E-state index in [9.17, 15) is 0 Å². The molecule has 9 nitrogen and oxygen atoms in total. The minimum Gasteiger partial charge on any atom is -0.335 e. The number of aryl methyl sites for hydroxylation is 2. The topological polar surface area (TPSA) is 79.4 Å². The van der Waals surface area contributed by atoms with Gasteiger partial charge >= 0.3 is 0 Å². The third kappa shape index (κ3) is 2.54. The van der Waals surface area contributed by atoms with Crippen molar-refractivity contribution in [2.24, 2.45) is 10.9 Å². The standard InChI is InChI=1S/C21H25N9/c1-14-25-26-15(2)30(14)27-12-22-20-24-19(16-8-4-3-5-9-16)29-18-11-7-6-10-17(18)23-21(29)28(20)13-27/h3-4,6-7,10-11,16,19H,5,8-9,12-13H2,1-2H3,(H,22,24)/t16-,19-/m1/s1. The number of allylic oxidation sites excluding steroid dienone is 2. The van der Waals surface area contributed by atoms with Crippen LogP contribution in [0.3, 0.4) is 0 Å². The number of aromatic nitrogens is 5. The summed E-state index contributed by atoms with van der Waals surface area (Å²) in [5, 5.41) is 14.3. The fourth-order valence-electron chi connectivity index (χ4n) is 4.92. The molecule has 0 saturated heterocycles. The van der Waals surface area contributed by atoms with E-state index >= 15 is 0 Å². The Hall–Kier alpha value is -3.36. The average Bonchev–Trinajstić information content (AvgIpc) is 3.33. The van der Waals surface area contributed by atoms with Gasteiger partial charge in [-0.25, -0.2) is 14.7 Å². The highest BCUT2D eigenvalue weighted by Gasteiger charge is 2.38. The lowest BCUT2D eigenvalue weighted by Gasteiger charge is -2.44. The number of benzene rings is 1. The van der Waals surface area contributed by atoms with Crippen molar-refractivity contribution in [3.8, 4) is 0 Å². The first-order chi connectivity index (χ1) is 14.7. The van der Waals surface area contributed by atoms with Crippen LogP contribution in [-0.4, -0.2) is 43.7 Å². The number of fused-ring (bicyclic) bond motifs is 5. The molecule has 0 amide bonds. The van der Waals surface area contributed by atoms with Crippen LogP contribution >= 0.6 is 0 Å². The smallest absolute Gasteiger partial charge is 0.216 e. The highest BCUT2D eigenvalue weighted by Crippen LogP contribution is 2.37. The highest BCUT2D eigenvalue weighted by molar-refractivity contribution is 5.99. The van der Waals surface area contributed by atoms with Gasteiger partial charge in [-0.1, -0.05) is 24.3 Å². The van der Waals surface area contributed by atoms with Crippen LogP contribution in [0.2, 0.25) is 0 Å². The number of hydrogen-bond acceptors (Lipinski definition) is 7. The molecule has 2 atom stereocenters. The molecule has 0 radical (unpaired) electrons. The summed E-state index contributed by atoms with van der Waals surface area (Å²) in [6.45, 7) is 5.12. The van der Waals surface area contributed by atoms with Gasteiger partial charge in [0.2, 0.25) is 11.9 Å². The fourth-order valence-corrected chi connectivity index (χ4v) is 4.92. The van der Waals surface area contributed by atoms with Gasteiger partial charge < -0.3 is 5.32 Å². The lowest BCUT2D eigenvalue weighted by molar-refractivity contribution is 0.282. The van der Waals surface area contributed by atoms with E-state index in [1.807, 2.05) is 18.5 Å². The molecule has 0 unspecified atom stereocenters. The van der Waals surface area contributed by atoms with E-state index in [2.05, 4.69) is 66.4 Å². The number of para-hydroxylation sites is 2. The van der Waals surface area contributed by atoms with Gasteiger partial charge in [-0.15, -0.1) is 10.2 Å². The third-order valence-electron chi connectivity index (χ3n) is 6.31. The van der Waals surface area contributed by atoms with Gasteiger partial charge in [0.15, 0.2) is 0 Å². The Labute approximate surface area is 174 Å². The molecule has 3 aliphatic rings. The summed E-state index contributed by atoms with van der Waals surface area (Å²) in [5.41, 5.74) is 2.17. The van der Waals surface area contributed by atoms with Gasteiger partial charge in [0.1, 0.15) is 31.2 Å². The first-order valence-electron chi connectivity index (χ1n) is 10.5. The lowest BCUT2D eigenvalue weighted by Crippen LogP contribution is -2.60. The van der Waals surface area contributed by atoms with Crippen LogP contribution in [0.5, 0.6) is 0 Å². The van der Waals surface area contributed by atoms with Crippen LogP contribution in [0.4, 0.5) is 5.95 Å². The first-order valence-corrected chi connectivity index (χ1v) is 10.5. The second-order valence-electron chi connectivity index (χ2n) is 8.21. The largest absolute Gasteiger partial charge is 0.335 e. The first kappa shape index (κ1) is 17.5. The van der Waals surface area contributed by atoms with Gasteiger partial charge in [-0.05, 0) is 45.2 Å². The second-order valence-corrected chi connectivity index (χ2v) is 8.21. The molecular weight excluding hydrogens is 378 g/mol. The zero-order valence-electron chi connectivity index (χ0n) is 17.2. The van der Waals surface area contributed by atoms with Gasteiger partial charge in [0.05, 0.1) is 11.0 Å². The summed E-state index contributed by atoms with van der Waals surface area (Å²) >= 11 is 0. The summed E-state index contributed by atoms with van der Waals surface area (Å²) in [6, 6.07) is 8.39. The van der Waals surface area contributed by atoms with Gasteiger partial charge in [0.25, 0.3) is 0 Å². The van der Waals surface area contributed by atoms with Crippen LogP contribution in [0.15, 0.2) is 41.4 Å². The van der Waals surface area contributed by atoms with E-state index in [1.54, 1.807) is 0 Å². The van der Waals surface area contributed by atoms with Crippen LogP contribution in [-0.2, 0) is 0 Å². The molecule has 2 aromatic heterocycles. The van der Waals surface area contributed by atoms with Crippen LogP contribution in [0.25, 0.3) is 11.0 Å². The zero-order valence-corrected chi connectivity index (χ0v) is 17.2. The van der Waals surface area contributed by atoms with Gasteiger partial charge in [0, 0.05) is 5.92 Å². The average molecular weight is 403 g/mol. The summed E-state index contributed by atoms with van der Waals surface area (Å²) < 4.78 is 4.40. The summed E-state index contributed by atoms with van der Waals surface area (Å²) in [6.07, 6.45) is 8.11. The molecule has 1 aliphatic carbocycles. The summed E-state index contributed by atoms with van der Waals surface area (Å²) in [7, 11) is 0. The zero-order chi connectivity index (χ0) is 20.2. The molecule has 154 valence electrons. The lowest BCUT2D eigenvalue weighted by atomic mass is 9.91. The van der Waals surface area contributed by atoms with Crippen molar-refractivity contribution in [3.63, 3.8) is 0 Å². The van der Waals surface area contributed by atoms with E-state index in [4.69, 9.17) is 9.98 Å². The second kappa shape index (κ2) is 6.58. The quantitative estimate of drug-likeness (QED) is 0.662. The molecule has 9 heteroatoms. The maximum Gasteiger partial charge on any atom is 0.216 e. The Morgan fingerprint density at radius 1 is 1.07 bits per heavy atom. The van der Waals surface area contributed by atoms with Crippen molar-refractivity contribution in [3.05, 3.63) is 48.1 Å². The molecule has 1 N–H and O–H groups in total. The molecule has 2 aliphatic heterocycles. The number of hydrogen-bond donors (Lipinski definition) is 1. The van der Waals surface area contributed by atoms with Gasteiger partial charge in [-0.2, -0.15) is 0 Å². The van der Waals surface area contributed by atoms with E-state index < -0.39 is 0 Å². The van der Waals surface area contributed by atoms with Crippen molar-refractivity contribution in [2.45, 2.75) is 39.3 Å². The number of anilines is 1. The Balaban J connectivity index is 1.46. The molecule has 0 bridgehead atoms. The molecule has 0 saturated carbocycles. The summed E-state index contributed by atoms with van der Waals surface area (Å²) in [5.74, 6) is 4.07. The van der Waals surface area contributed by atoms with Crippen molar-refractivity contribution < 1.29 is 0 Å². The van der Waals surface area contributed by atoms with Crippen LogP contribution < -0.4 is 15.2 Å². The van der Waals surface area contributed by atoms with Crippen LogP contribution in [0, 0.1) is 19.8 Å². The minimum atomic E-state index is 0.150. The number of imidazole rings is 1.